The molecule has 3 rings (SSSR count). The number of carbonyl (C=O) groups is 1. The van der Waals surface area contributed by atoms with Crippen LogP contribution in [0.2, 0.25) is 0 Å². The highest BCUT2D eigenvalue weighted by Crippen LogP contribution is 2.30. The van der Waals surface area contributed by atoms with Crippen molar-refractivity contribution in [2.24, 2.45) is 11.8 Å². The maximum Gasteiger partial charge on any atom is 0.257 e. The molecule has 0 unspecified atom stereocenters. The van der Waals surface area contributed by atoms with Crippen molar-refractivity contribution < 1.29 is 4.79 Å². The Morgan fingerprint density at radius 3 is 3.00 bits per heavy atom. The first kappa shape index (κ1) is 14.6. The standard InChI is InChI=1S/C16H26N4O/c1-12(2)8-19-10-14(7-17-19)16(21)20-6-4-5-13-9-18(3)11-15(13)20/h7,10,12-13,15H,4-6,8-9,11H2,1-3H3/t13-,15+/m0/s1. The third kappa shape index (κ3) is 2.98. The normalized spacial score (nSPS) is 26.4. The van der Waals surface area contributed by atoms with Gasteiger partial charge in [0.25, 0.3) is 5.91 Å². The molecule has 0 spiro atoms. The highest BCUT2D eigenvalue weighted by molar-refractivity contribution is 5.94. The van der Waals surface area contributed by atoms with E-state index in [2.05, 4.69) is 35.8 Å². The van der Waals surface area contributed by atoms with Gasteiger partial charge in [0.15, 0.2) is 0 Å². The van der Waals surface area contributed by atoms with Crippen molar-refractivity contribution in [2.45, 2.75) is 39.3 Å². The molecule has 1 aromatic heterocycles. The lowest BCUT2D eigenvalue weighted by molar-refractivity contribution is 0.0571. The van der Waals surface area contributed by atoms with Crippen LogP contribution in [0.15, 0.2) is 12.4 Å². The second-order valence-electron chi connectivity index (χ2n) is 7.03. The molecule has 0 N–H and O–H groups in total. The number of rotatable bonds is 3. The lowest BCUT2D eigenvalue weighted by Crippen LogP contribution is -2.48. The zero-order valence-corrected chi connectivity index (χ0v) is 13.3. The third-order valence-electron chi connectivity index (χ3n) is 4.66. The summed E-state index contributed by atoms with van der Waals surface area (Å²) in [5, 5.41) is 4.33. The number of fused-ring (bicyclic) bond motifs is 1. The lowest BCUT2D eigenvalue weighted by Gasteiger charge is -2.36. The first-order valence-electron chi connectivity index (χ1n) is 8.06. The summed E-state index contributed by atoms with van der Waals surface area (Å²) < 4.78 is 1.89. The fourth-order valence-electron chi connectivity index (χ4n) is 3.76. The van der Waals surface area contributed by atoms with Crippen molar-refractivity contribution in [3.8, 4) is 0 Å². The number of hydrogen-bond donors (Lipinski definition) is 0. The summed E-state index contributed by atoms with van der Waals surface area (Å²) in [6.07, 6.45) is 6.02. The van der Waals surface area contributed by atoms with E-state index in [0.717, 1.165) is 38.2 Å². The molecule has 0 aromatic carbocycles. The van der Waals surface area contributed by atoms with Crippen molar-refractivity contribution in [1.82, 2.24) is 19.6 Å². The van der Waals surface area contributed by atoms with Crippen LogP contribution in [0.25, 0.3) is 0 Å². The second-order valence-corrected chi connectivity index (χ2v) is 7.03. The van der Waals surface area contributed by atoms with Gasteiger partial charge < -0.3 is 9.80 Å². The zero-order valence-electron chi connectivity index (χ0n) is 13.3. The molecule has 0 aliphatic carbocycles. The molecular formula is C16H26N4O. The summed E-state index contributed by atoms with van der Waals surface area (Å²) >= 11 is 0. The van der Waals surface area contributed by atoms with E-state index in [-0.39, 0.29) is 5.91 Å². The van der Waals surface area contributed by atoms with Crippen molar-refractivity contribution in [3.63, 3.8) is 0 Å². The summed E-state index contributed by atoms with van der Waals surface area (Å²) in [5.74, 6) is 1.35. The Labute approximate surface area is 126 Å². The van der Waals surface area contributed by atoms with Gasteiger partial charge in [-0.25, -0.2) is 0 Å². The molecule has 3 heterocycles. The van der Waals surface area contributed by atoms with Gasteiger partial charge in [-0.3, -0.25) is 9.48 Å². The van der Waals surface area contributed by atoms with Crippen LogP contribution in [0, 0.1) is 11.8 Å². The van der Waals surface area contributed by atoms with E-state index in [1.165, 1.54) is 6.42 Å². The van der Waals surface area contributed by atoms with Gasteiger partial charge in [-0.2, -0.15) is 5.10 Å². The molecular weight excluding hydrogens is 264 g/mol. The number of aromatic nitrogens is 2. The van der Waals surface area contributed by atoms with E-state index in [1.807, 2.05) is 10.9 Å². The van der Waals surface area contributed by atoms with E-state index in [9.17, 15) is 4.79 Å². The van der Waals surface area contributed by atoms with Crippen LogP contribution in [0.3, 0.4) is 0 Å². The van der Waals surface area contributed by atoms with Crippen LogP contribution < -0.4 is 0 Å². The smallest absolute Gasteiger partial charge is 0.257 e. The number of hydrogen-bond acceptors (Lipinski definition) is 3. The van der Waals surface area contributed by atoms with E-state index >= 15 is 0 Å². The molecule has 2 aliphatic heterocycles. The summed E-state index contributed by atoms with van der Waals surface area (Å²) in [4.78, 5) is 17.2. The average Bonchev–Trinajstić information content (AvgIpc) is 3.02. The van der Waals surface area contributed by atoms with Gasteiger partial charge in [-0.1, -0.05) is 13.8 Å². The van der Waals surface area contributed by atoms with Gasteiger partial charge in [-0.05, 0) is 31.7 Å². The first-order valence-corrected chi connectivity index (χ1v) is 8.06. The van der Waals surface area contributed by atoms with Gasteiger partial charge in [0, 0.05) is 38.4 Å². The molecule has 2 atom stereocenters. The lowest BCUT2D eigenvalue weighted by atomic mass is 9.91. The molecule has 0 radical (unpaired) electrons. The Morgan fingerprint density at radius 2 is 2.24 bits per heavy atom. The van der Waals surface area contributed by atoms with Crippen LogP contribution in [0.4, 0.5) is 0 Å². The minimum atomic E-state index is 0.162. The number of likely N-dealkylation sites (tertiary alicyclic amines) is 2. The van der Waals surface area contributed by atoms with E-state index in [4.69, 9.17) is 0 Å². The summed E-state index contributed by atoms with van der Waals surface area (Å²) in [5.41, 5.74) is 0.742. The van der Waals surface area contributed by atoms with Gasteiger partial charge in [0.2, 0.25) is 0 Å². The number of likely N-dealkylation sites (N-methyl/N-ethyl adjacent to an activating group) is 1. The Morgan fingerprint density at radius 1 is 1.43 bits per heavy atom. The van der Waals surface area contributed by atoms with Crippen LogP contribution in [0.1, 0.15) is 37.0 Å². The van der Waals surface area contributed by atoms with Crippen LogP contribution >= 0.6 is 0 Å². The second kappa shape index (κ2) is 5.79. The Bertz CT molecular complexity index is 510. The van der Waals surface area contributed by atoms with Crippen molar-refractivity contribution >= 4 is 5.91 Å². The quantitative estimate of drug-likeness (QED) is 0.851. The number of piperidine rings is 1. The highest BCUT2D eigenvalue weighted by Gasteiger charge is 2.40. The fraction of sp³-hybridized carbons (Fsp3) is 0.750. The van der Waals surface area contributed by atoms with Crippen LogP contribution in [-0.2, 0) is 6.54 Å². The van der Waals surface area contributed by atoms with Gasteiger partial charge in [-0.15, -0.1) is 0 Å². The van der Waals surface area contributed by atoms with Gasteiger partial charge >= 0.3 is 0 Å². The minimum Gasteiger partial charge on any atom is -0.334 e. The van der Waals surface area contributed by atoms with Gasteiger partial charge in [0.1, 0.15) is 0 Å². The summed E-state index contributed by atoms with van der Waals surface area (Å²) in [6.45, 7) is 8.21. The van der Waals surface area contributed by atoms with Crippen molar-refractivity contribution in [1.29, 1.82) is 0 Å². The maximum atomic E-state index is 12.8. The minimum absolute atomic E-state index is 0.162. The third-order valence-corrected chi connectivity index (χ3v) is 4.66. The maximum absolute atomic E-state index is 12.8. The van der Waals surface area contributed by atoms with Gasteiger partial charge in [0.05, 0.1) is 11.8 Å². The largest absolute Gasteiger partial charge is 0.334 e. The summed E-state index contributed by atoms with van der Waals surface area (Å²) in [7, 11) is 2.15. The molecule has 116 valence electrons. The molecule has 1 aromatic rings. The van der Waals surface area contributed by atoms with E-state index in [0.29, 0.717) is 17.9 Å². The Hall–Kier alpha value is -1.36. The zero-order chi connectivity index (χ0) is 15.0. The fourth-order valence-corrected chi connectivity index (χ4v) is 3.76. The molecule has 2 fully saturated rings. The molecule has 21 heavy (non-hydrogen) atoms. The number of amides is 1. The van der Waals surface area contributed by atoms with Crippen LogP contribution in [0.5, 0.6) is 0 Å². The SMILES string of the molecule is CC(C)Cn1cc(C(=O)N2CCC[C@H]3CN(C)C[C@H]32)cn1. The number of nitrogens with zero attached hydrogens (tertiary/aromatic N) is 4. The van der Waals surface area contributed by atoms with E-state index < -0.39 is 0 Å². The van der Waals surface area contributed by atoms with E-state index in [1.54, 1.807) is 6.20 Å². The molecule has 5 nitrogen and oxygen atoms in total. The highest BCUT2D eigenvalue weighted by atomic mass is 16.2. The molecule has 2 aliphatic rings. The first-order chi connectivity index (χ1) is 10.0. The van der Waals surface area contributed by atoms with Crippen molar-refractivity contribution in [3.05, 3.63) is 18.0 Å². The molecule has 1 amide bonds. The molecule has 5 heteroatoms. The molecule has 2 saturated heterocycles. The molecule has 0 bridgehead atoms. The predicted octanol–water partition coefficient (Wildman–Crippen LogP) is 1.71. The Kier molecular flexibility index (Phi) is 4.02. The number of carbonyl (C=O) groups excluding carboxylic acids is 1. The average molecular weight is 290 g/mol. The Balaban J connectivity index is 1.73. The van der Waals surface area contributed by atoms with Crippen LogP contribution in [-0.4, -0.2) is 58.2 Å². The topological polar surface area (TPSA) is 41.4 Å². The summed E-state index contributed by atoms with van der Waals surface area (Å²) in [6, 6.07) is 0.393. The monoisotopic (exact) mass is 290 g/mol. The molecule has 0 saturated carbocycles. The van der Waals surface area contributed by atoms with Crippen molar-refractivity contribution in [2.75, 3.05) is 26.7 Å². The predicted molar refractivity (Wildman–Crippen MR) is 82.1 cm³/mol.